The van der Waals surface area contributed by atoms with Crippen LogP contribution in [0, 0.1) is 0 Å². The van der Waals surface area contributed by atoms with Gasteiger partial charge in [-0.25, -0.2) is 0 Å². The Morgan fingerprint density at radius 1 is 1.00 bits per heavy atom. The van der Waals surface area contributed by atoms with Crippen LogP contribution in [0.4, 0.5) is 0 Å². The van der Waals surface area contributed by atoms with Crippen molar-refractivity contribution in [2.24, 2.45) is 0 Å². The monoisotopic (exact) mass is 292 g/mol. The Labute approximate surface area is 126 Å². The van der Waals surface area contributed by atoms with E-state index in [-0.39, 0.29) is 24.4 Å². The van der Waals surface area contributed by atoms with E-state index in [2.05, 4.69) is 0 Å². The van der Waals surface area contributed by atoms with Gasteiger partial charge in [0.05, 0.1) is 6.10 Å². The van der Waals surface area contributed by atoms with Crippen molar-refractivity contribution in [1.82, 2.24) is 9.80 Å². The van der Waals surface area contributed by atoms with Crippen LogP contribution < -0.4 is 0 Å². The standard InChI is InChI=1S/C16H24N2O3/c1-11(2)18(10-12(3)19)16(21)14-8-6-13(7-9-14)15(20)17(4)5/h6-9,11-12,19H,10H2,1-5H3. The summed E-state index contributed by atoms with van der Waals surface area (Å²) in [6.07, 6.45) is -0.578. The molecule has 0 aliphatic heterocycles. The molecular formula is C16H24N2O3. The molecule has 21 heavy (non-hydrogen) atoms. The number of hydrogen-bond acceptors (Lipinski definition) is 3. The van der Waals surface area contributed by atoms with Crippen LogP contribution in [0.1, 0.15) is 41.5 Å². The number of hydrogen-bond donors (Lipinski definition) is 1. The highest BCUT2D eigenvalue weighted by atomic mass is 16.3. The predicted molar refractivity (Wildman–Crippen MR) is 82.3 cm³/mol. The second kappa shape index (κ2) is 7.22. The van der Waals surface area contributed by atoms with Gasteiger partial charge in [0.2, 0.25) is 0 Å². The summed E-state index contributed by atoms with van der Waals surface area (Å²) in [4.78, 5) is 27.4. The third-order valence-corrected chi connectivity index (χ3v) is 3.13. The van der Waals surface area contributed by atoms with Gasteiger partial charge in [0.25, 0.3) is 11.8 Å². The van der Waals surface area contributed by atoms with Crippen molar-refractivity contribution in [3.8, 4) is 0 Å². The molecule has 1 rings (SSSR count). The molecule has 0 saturated carbocycles. The molecule has 1 N–H and O–H groups in total. The van der Waals surface area contributed by atoms with E-state index in [1.54, 1.807) is 50.2 Å². The van der Waals surface area contributed by atoms with Gasteiger partial charge in [-0.3, -0.25) is 9.59 Å². The lowest BCUT2D eigenvalue weighted by atomic mass is 10.1. The Morgan fingerprint density at radius 2 is 1.43 bits per heavy atom. The van der Waals surface area contributed by atoms with Crippen molar-refractivity contribution in [3.05, 3.63) is 35.4 Å². The molecule has 1 aromatic rings. The fourth-order valence-electron chi connectivity index (χ4n) is 1.99. The number of rotatable bonds is 5. The topological polar surface area (TPSA) is 60.9 Å². The van der Waals surface area contributed by atoms with Crippen LogP contribution in [0.3, 0.4) is 0 Å². The van der Waals surface area contributed by atoms with Gasteiger partial charge in [-0.1, -0.05) is 0 Å². The Kier molecular flexibility index (Phi) is 5.90. The van der Waals surface area contributed by atoms with Crippen molar-refractivity contribution < 1.29 is 14.7 Å². The first-order valence-electron chi connectivity index (χ1n) is 7.04. The Morgan fingerprint density at radius 3 is 1.76 bits per heavy atom. The van der Waals surface area contributed by atoms with Crippen LogP contribution in [0.15, 0.2) is 24.3 Å². The minimum atomic E-state index is -0.578. The maximum absolute atomic E-state index is 12.5. The smallest absolute Gasteiger partial charge is 0.254 e. The summed E-state index contributed by atoms with van der Waals surface area (Å²) in [5.74, 6) is -0.242. The second-order valence-electron chi connectivity index (χ2n) is 5.68. The molecule has 0 heterocycles. The molecule has 0 radical (unpaired) electrons. The van der Waals surface area contributed by atoms with E-state index < -0.39 is 6.10 Å². The highest BCUT2D eigenvalue weighted by molar-refractivity contribution is 5.97. The normalized spacial score (nSPS) is 12.1. The van der Waals surface area contributed by atoms with Crippen molar-refractivity contribution in [2.45, 2.75) is 32.9 Å². The summed E-state index contributed by atoms with van der Waals surface area (Å²) in [7, 11) is 3.37. The molecule has 0 saturated heterocycles. The molecule has 0 fully saturated rings. The molecule has 5 heteroatoms. The molecule has 0 aromatic heterocycles. The van der Waals surface area contributed by atoms with Gasteiger partial charge in [-0.15, -0.1) is 0 Å². The fraction of sp³-hybridized carbons (Fsp3) is 0.500. The van der Waals surface area contributed by atoms with Crippen LogP contribution in [0.25, 0.3) is 0 Å². The largest absolute Gasteiger partial charge is 0.392 e. The Hall–Kier alpha value is -1.88. The summed E-state index contributed by atoms with van der Waals surface area (Å²) in [6.45, 7) is 5.75. The first-order chi connectivity index (χ1) is 9.73. The third kappa shape index (κ3) is 4.56. The summed E-state index contributed by atoms with van der Waals surface area (Å²) in [5, 5.41) is 9.50. The number of nitrogens with zero attached hydrogens (tertiary/aromatic N) is 2. The van der Waals surface area contributed by atoms with Crippen LogP contribution >= 0.6 is 0 Å². The van der Waals surface area contributed by atoms with Crippen molar-refractivity contribution in [1.29, 1.82) is 0 Å². The lowest BCUT2D eigenvalue weighted by Crippen LogP contribution is -2.41. The maximum Gasteiger partial charge on any atom is 0.254 e. The first kappa shape index (κ1) is 17.2. The molecule has 5 nitrogen and oxygen atoms in total. The highest BCUT2D eigenvalue weighted by Gasteiger charge is 2.20. The quantitative estimate of drug-likeness (QED) is 0.897. The zero-order valence-electron chi connectivity index (χ0n) is 13.3. The molecule has 2 amide bonds. The number of aliphatic hydroxyl groups is 1. The van der Waals surface area contributed by atoms with Crippen molar-refractivity contribution >= 4 is 11.8 Å². The van der Waals surface area contributed by atoms with Crippen molar-refractivity contribution in [3.63, 3.8) is 0 Å². The van der Waals surface area contributed by atoms with Crippen LogP contribution in [0.2, 0.25) is 0 Å². The molecule has 0 spiro atoms. The average Bonchev–Trinajstić information content (AvgIpc) is 2.42. The molecule has 0 aliphatic rings. The fourth-order valence-corrected chi connectivity index (χ4v) is 1.99. The molecular weight excluding hydrogens is 268 g/mol. The van der Waals surface area contributed by atoms with E-state index in [0.717, 1.165) is 0 Å². The van der Waals surface area contributed by atoms with Gasteiger partial charge in [-0.2, -0.15) is 0 Å². The Balaban J connectivity index is 2.94. The van der Waals surface area contributed by atoms with E-state index in [9.17, 15) is 14.7 Å². The summed E-state index contributed by atoms with van der Waals surface area (Å²) >= 11 is 0. The van der Waals surface area contributed by atoms with Crippen LogP contribution in [0.5, 0.6) is 0 Å². The molecule has 116 valence electrons. The Bertz CT molecular complexity index is 493. The van der Waals surface area contributed by atoms with Gasteiger partial charge in [0, 0.05) is 37.8 Å². The SMILES string of the molecule is CC(O)CN(C(=O)c1ccc(C(=O)N(C)C)cc1)C(C)C. The van der Waals surface area contributed by atoms with E-state index in [4.69, 9.17) is 0 Å². The first-order valence-corrected chi connectivity index (χ1v) is 7.04. The van der Waals surface area contributed by atoms with E-state index in [0.29, 0.717) is 11.1 Å². The van der Waals surface area contributed by atoms with Gasteiger partial charge in [0.15, 0.2) is 0 Å². The molecule has 1 atom stereocenters. The van der Waals surface area contributed by atoms with E-state index in [1.165, 1.54) is 4.90 Å². The lowest BCUT2D eigenvalue weighted by Gasteiger charge is -2.28. The van der Waals surface area contributed by atoms with Gasteiger partial charge >= 0.3 is 0 Å². The summed E-state index contributed by atoms with van der Waals surface area (Å²) in [6, 6.07) is 6.59. The van der Waals surface area contributed by atoms with Crippen molar-refractivity contribution in [2.75, 3.05) is 20.6 Å². The number of carbonyl (C=O) groups is 2. The zero-order chi connectivity index (χ0) is 16.2. The zero-order valence-corrected chi connectivity index (χ0v) is 13.3. The predicted octanol–water partition coefficient (Wildman–Crippen LogP) is 1.62. The van der Waals surface area contributed by atoms with Gasteiger partial charge < -0.3 is 14.9 Å². The number of carbonyl (C=O) groups excluding carboxylic acids is 2. The molecule has 0 bridgehead atoms. The number of aliphatic hydroxyl groups excluding tert-OH is 1. The number of benzene rings is 1. The molecule has 1 aromatic carbocycles. The van der Waals surface area contributed by atoms with Gasteiger partial charge in [-0.05, 0) is 45.0 Å². The highest BCUT2D eigenvalue weighted by Crippen LogP contribution is 2.12. The van der Waals surface area contributed by atoms with Crippen LogP contribution in [-0.4, -0.2) is 59.5 Å². The summed E-state index contributed by atoms with van der Waals surface area (Å²) < 4.78 is 0. The van der Waals surface area contributed by atoms with Crippen LogP contribution in [-0.2, 0) is 0 Å². The summed E-state index contributed by atoms with van der Waals surface area (Å²) in [5.41, 5.74) is 1.06. The minimum absolute atomic E-state index is 0.00446. The van der Waals surface area contributed by atoms with E-state index >= 15 is 0 Å². The third-order valence-electron chi connectivity index (χ3n) is 3.13. The minimum Gasteiger partial charge on any atom is -0.392 e. The van der Waals surface area contributed by atoms with Gasteiger partial charge in [0.1, 0.15) is 0 Å². The molecule has 0 aliphatic carbocycles. The lowest BCUT2D eigenvalue weighted by molar-refractivity contribution is 0.0578. The average molecular weight is 292 g/mol. The van der Waals surface area contributed by atoms with E-state index in [1.807, 2.05) is 13.8 Å². The second-order valence-corrected chi connectivity index (χ2v) is 5.68. The maximum atomic E-state index is 12.5. The molecule has 1 unspecified atom stereocenters. The number of amides is 2.